The van der Waals surface area contributed by atoms with E-state index in [4.69, 9.17) is 15.2 Å². The number of hydrogen-bond donors (Lipinski definition) is 4. The second-order valence-electron chi connectivity index (χ2n) is 8.86. The Bertz CT molecular complexity index is 1090. The number of rotatable bonds is 12. The number of pyridine rings is 1. The van der Waals surface area contributed by atoms with Crippen LogP contribution in [-0.4, -0.2) is 68.9 Å². The van der Waals surface area contributed by atoms with E-state index in [-0.39, 0.29) is 18.6 Å². The highest BCUT2D eigenvalue weighted by Gasteiger charge is 2.18. The minimum absolute atomic E-state index is 0.0737. The summed E-state index contributed by atoms with van der Waals surface area (Å²) < 4.78 is 13.0. The fourth-order valence-electron chi connectivity index (χ4n) is 4.45. The van der Waals surface area contributed by atoms with Crippen molar-refractivity contribution in [1.29, 1.82) is 0 Å². The molecule has 1 saturated heterocycles. The lowest BCUT2D eigenvalue weighted by atomic mass is 10.1. The molecule has 11 nitrogen and oxygen atoms in total. The Kier molecular flexibility index (Phi) is 8.67. The van der Waals surface area contributed by atoms with E-state index in [1.807, 2.05) is 16.9 Å². The third kappa shape index (κ3) is 6.36. The van der Waals surface area contributed by atoms with Crippen LogP contribution >= 0.6 is 0 Å². The molecule has 0 spiro atoms. The topological polar surface area (TPSA) is 145 Å². The van der Waals surface area contributed by atoms with Gasteiger partial charge >= 0.3 is 0 Å². The van der Waals surface area contributed by atoms with Crippen LogP contribution in [0.15, 0.2) is 18.5 Å². The minimum Gasteiger partial charge on any atom is -0.496 e. The van der Waals surface area contributed by atoms with Gasteiger partial charge in [0.15, 0.2) is 5.82 Å². The van der Waals surface area contributed by atoms with Gasteiger partial charge < -0.3 is 30.9 Å². The average molecular weight is 485 g/mol. The molecule has 11 heteroatoms. The maximum absolute atomic E-state index is 9.47. The van der Waals surface area contributed by atoms with Gasteiger partial charge in [-0.15, -0.1) is 0 Å². The van der Waals surface area contributed by atoms with Crippen LogP contribution in [0, 0.1) is 0 Å². The van der Waals surface area contributed by atoms with Gasteiger partial charge in [-0.2, -0.15) is 10.1 Å². The molecule has 3 aromatic heterocycles. The number of anilines is 2. The zero-order valence-electron chi connectivity index (χ0n) is 20.5. The van der Waals surface area contributed by atoms with Crippen molar-refractivity contribution >= 4 is 22.8 Å². The van der Waals surface area contributed by atoms with Crippen molar-refractivity contribution in [1.82, 2.24) is 30.0 Å². The summed E-state index contributed by atoms with van der Waals surface area (Å²) in [6.45, 7) is 4.93. The fraction of sp³-hybridized carbons (Fsp3) is 0.583. The predicted octanol–water partition coefficient (Wildman–Crippen LogP) is 2.09. The average Bonchev–Trinajstić information content (AvgIpc) is 3.26. The SMILES string of the molecule is CCC[C@@H](CCO)Nc1nc(N)nc2cnn(Cc3cnc(CNC4CCOCC4)cc3OC)c12. The third-order valence-electron chi connectivity index (χ3n) is 6.29. The maximum atomic E-state index is 9.47. The summed E-state index contributed by atoms with van der Waals surface area (Å²) in [7, 11) is 1.66. The number of nitrogens with two attached hydrogens (primary N) is 1. The molecular weight excluding hydrogens is 448 g/mol. The molecule has 0 aromatic carbocycles. The molecule has 35 heavy (non-hydrogen) atoms. The predicted molar refractivity (Wildman–Crippen MR) is 134 cm³/mol. The minimum atomic E-state index is 0.0737. The second-order valence-corrected chi connectivity index (χ2v) is 8.86. The number of aromatic nitrogens is 5. The number of nitrogen functional groups attached to an aromatic ring is 1. The Morgan fingerprint density at radius 1 is 1.26 bits per heavy atom. The number of hydrogen-bond acceptors (Lipinski definition) is 10. The molecule has 1 aliphatic rings. The van der Waals surface area contributed by atoms with Crippen LogP contribution in [0.5, 0.6) is 5.75 Å². The molecule has 0 amide bonds. The van der Waals surface area contributed by atoms with E-state index in [0.717, 1.165) is 61.4 Å². The first-order valence-electron chi connectivity index (χ1n) is 12.3. The zero-order valence-corrected chi connectivity index (χ0v) is 20.5. The zero-order chi connectivity index (χ0) is 24.6. The summed E-state index contributed by atoms with van der Waals surface area (Å²) in [5.41, 5.74) is 9.20. The highest BCUT2D eigenvalue weighted by atomic mass is 16.5. The van der Waals surface area contributed by atoms with E-state index in [0.29, 0.717) is 36.9 Å². The van der Waals surface area contributed by atoms with Crippen molar-refractivity contribution in [2.75, 3.05) is 38.0 Å². The maximum Gasteiger partial charge on any atom is 0.222 e. The van der Waals surface area contributed by atoms with Gasteiger partial charge in [-0.1, -0.05) is 13.3 Å². The normalized spacial score (nSPS) is 15.4. The molecule has 0 unspecified atom stereocenters. The molecule has 4 rings (SSSR count). The quantitative estimate of drug-likeness (QED) is 0.301. The first-order chi connectivity index (χ1) is 17.1. The Morgan fingerprint density at radius 2 is 2.09 bits per heavy atom. The van der Waals surface area contributed by atoms with Gasteiger partial charge in [0, 0.05) is 56.3 Å². The van der Waals surface area contributed by atoms with Crippen LogP contribution in [0.3, 0.4) is 0 Å². The molecule has 0 saturated carbocycles. The van der Waals surface area contributed by atoms with E-state index in [9.17, 15) is 5.11 Å². The Hall–Kier alpha value is -3.02. The second kappa shape index (κ2) is 12.1. The van der Waals surface area contributed by atoms with Crippen LogP contribution in [0.1, 0.15) is 50.3 Å². The van der Waals surface area contributed by atoms with Crippen molar-refractivity contribution in [3.63, 3.8) is 0 Å². The van der Waals surface area contributed by atoms with Gasteiger partial charge in [-0.05, 0) is 25.7 Å². The Balaban J connectivity index is 1.55. The standard InChI is InChI=1S/C24H36N8O3/c1-3-4-18(5-8-33)29-23-22-20(30-24(25)31-23)14-28-32(22)15-16-12-26-19(11-21(16)34-2)13-27-17-6-9-35-10-7-17/h11-12,14,17-18,27,33H,3-10,13,15H2,1-2H3,(H3,25,29,30,31)/t18-/m0/s1. The molecule has 5 N–H and O–H groups in total. The summed E-state index contributed by atoms with van der Waals surface area (Å²) >= 11 is 0. The van der Waals surface area contributed by atoms with E-state index >= 15 is 0 Å². The highest BCUT2D eigenvalue weighted by molar-refractivity contribution is 5.86. The number of methoxy groups -OCH3 is 1. The van der Waals surface area contributed by atoms with Crippen LogP contribution in [0.2, 0.25) is 0 Å². The van der Waals surface area contributed by atoms with E-state index in [1.54, 1.807) is 13.3 Å². The fourth-order valence-corrected chi connectivity index (χ4v) is 4.45. The molecule has 0 radical (unpaired) electrons. The molecule has 3 aromatic rings. The number of aliphatic hydroxyl groups excluding tert-OH is 1. The summed E-state index contributed by atoms with van der Waals surface area (Å²) in [6, 6.07) is 2.50. The number of ether oxygens (including phenoxy) is 2. The number of nitrogens with one attached hydrogen (secondary N) is 2. The van der Waals surface area contributed by atoms with Crippen molar-refractivity contribution in [3.05, 3.63) is 29.7 Å². The summed E-state index contributed by atoms with van der Waals surface area (Å²) in [6.07, 6.45) is 8.06. The number of fused-ring (bicyclic) bond motifs is 1. The van der Waals surface area contributed by atoms with Crippen molar-refractivity contribution < 1.29 is 14.6 Å². The molecule has 190 valence electrons. The lowest BCUT2D eigenvalue weighted by Crippen LogP contribution is -2.34. The smallest absolute Gasteiger partial charge is 0.222 e. The van der Waals surface area contributed by atoms with Crippen molar-refractivity contribution in [2.45, 2.75) is 64.2 Å². The number of nitrogens with zero attached hydrogens (tertiary/aromatic N) is 5. The van der Waals surface area contributed by atoms with E-state index in [1.165, 1.54) is 0 Å². The molecule has 0 bridgehead atoms. The Labute approximate surface area is 205 Å². The monoisotopic (exact) mass is 484 g/mol. The highest BCUT2D eigenvalue weighted by Crippen LogP contribution is 2.26. The molecule has 1 aliphatic heterocycles. The molecule has 4 heterocycles. The molecule has 0 aliphatic carbocycles. The van der Waals surface area contributed by atoms with Crippen LogP contribution < -0.4 is 21.1 Å². The summed E-state index contributed by atoms with van der Waals surface area (Å²) in [5.74, 6) is 1.54. The first-order valence-corrected chi connectivity index (χ1v) is 12.3. The van der Waals surface area contributed by atoms with Crippen molar-refractivity contribution in [3.8, 4) is 5.75 Å². The van der Waals surface area contributed by atoms with Crippen LogP contribution in [-0.2, 0) is 17.8 Å². The first kappa shape index (κ1) is 25.1. The van der Waals surface area contributed by atoms with Gasteiger partial charge in [-0.25, -0.2) is 4.98 Å². The third-order valence-corrected chi connectivity index (χ3v) is 6.29. The van der Waals surface area contributed by atoms with Crippen LogP contribution in [0.25, 0.3) is 11.0 Å². The van der Waals surface area contributed by atoms with Gasteiger partial charge in [0.2, 0.25) is 5.95 Å². The van der Waals surface area contributed by atoms with E-state index < -0.39 is 0 Å². The van der Waals surface area contributed by atoms with Gasteiger partial charge in [-0.3, -0.25) is 9.67 Å². The Morgan fingerprint density at radius 3 is 2.83 bits per heavy atom. The van der Waals surface area contributed by atoms with Crippen molar-refractivity contribution in [2.24, 2.45) is 0 Å². The lowest BCUT2D eigenvalue weighted by molar-refractivity contribution is 0.0775. The largest absolute Gasteiger partial charge is 0.496 e. The number of aliphatic hydroxyl groups is 1. The summed E-state index contributed by atoms with van der Waals surface area (Å²) in [5, 5.41) is 21.0. The van der Waals surface area contributed by atoms with Gasteiger partial charge in [0.25, 0.3) is 0 Å². The van der Waals surface area contributed by atoms with Gasteiger partial charge in [0.05, 0.1) is 25.5 Å². The van der Waals surface area contributed by atoms with E-state index in [2.05, 4.69) is 37.6 Å². The summed E-state index contributed by atoms with van der Waals surface area (Å²) in [4.78, 5) is 13.5. The molecule has 1 atom stereocenters. The van der Waals surface area contributed by atoms with Crippen LogP contribution in [0.4, 0.5) is 11.8 Å². The molecule has 1 fully saturated rings. The van der Waals surface area contributed by atoms with Gasteiger partial charge in [0.1, 0.15) is 16.8 Å². The molecular formula is C24H36N8O3. The lowest BCUT2D eigenvalue weighted by Gasteiger charge is -2.23.